The van der Waals surface area contributed by atoms with Crippen molar-refractivity contribution in [3.05, 3.63) is 71.0 Å². The largest absolute Gasteiger partial charge is 0.359 e. The Labute approximate surface area is 174 Å². The van der Waals surface area contributed by atoms with E-state index < -0.39 is 41.2 Å². The number of aryl methyl sites for hydroxylation is 1. The van der Waals surface area contributed by atoms with E-state index in [1.807, 2.05) is 12.1 Å². The molecule has 0 aromatic heterocycles. The van der Waals surface area contributed by atoms with E-state index in [2.05, 4.69) is 4.94 Å². The number of halogens is 2. The lowest BCUT2D eigenvalue weighted by molar-refractivity contribution is -0.191. The second-order valence-corrected chi connectivity index (χ2v) is 8.03. The number of hydrogen-bond acceptors (Lipinski definition) is 4. The lowest BCUT2D eigenvalue weighted by Crippen LogP contribution is -2.39. The molecular weight excluding hydrogens is 390 g/mol. The first-order chi connectivity index (χ1) is 14.3. The Morgan fingerprint density at radius 2 is 1.73 bits per heavy atom. The summed E-state index contributed by atoms with van der Waals surface area (Å²) in [6.45, 7) is 3.21. The van der Waals surface area contributed by atoms with Crippen LogP contribution in [-0.4, -0.2) is 17.5 Å². The zero-order valence-electron chi connectivity index (χ0n) is 16.9. The minimum absolute atomic E-state index is 0.203. The van der Waals surface area contributed by atoms with Crippen LogP contribution in [0, 0.1) is 23.6 Å². The molecule has 0 spiro atoms. The Kier molecular flexibility index (Phi) is 6.75. The molecule has 3 rings (SSSR count). The SMILES string of the molecule is CC(C)C(=O)C(C(=O)OF)C(c1ccc(F)cc1)C1CCCc2ccccc2C1=O. The van der Waals surface area contributed by atoms with Crippen molar-refractivity contribution in [1.82, 2.24) is 0 Å². The van der Waals surface area contributed by atoms with Gasteiger partial charge in [-0.1, -0.05) is 50.2 Å². The lowest BCUT2D eigenvalue weighted by atomic mass is 9.70. The number of ketones is 2. The van der Waals surface area contributed by atoms with E-state index in [1.54, 1.807) is 26.0 Å². The molecule has 0 saturated carbocycles. The minimum Gasteiger partial charge on any atom is -0.298 e. The Morgan fingerprint density at radius 3 is 2.37 bits per heavy atom. The van der Waals surface area contributed by atoms with Gasteiger partial charge in [-0.05, 0) is 42.5 Å². The van der Waals surface area contributed by atoms with Gasteiger partial charge in [-0.25, -0.2) is 9.18 Å². The third kappa shape index (κ3) is 4.32. The predicted octanol–water partition coefficient (Wildman–Crippen LogP) is 5.01. The van der Waals surface area contributed by atoms with E-state index >= 15 is 0 Å². The van der Waals surface area contributed by atoms with Crippen LogP contribution in [-0.2, 0) is 21.0 Å². The van der Waals surface area contributed by atoms with Crippen LogP contribution in [0.3, 0.4) is 0 Å². The van der Waals surface area contributed by atoms with Crippen molar-refractivity contribution in [2.75, 3.05) is 0 Å². The van der Waals surface area contributed by atoms with Crippen LogP contribution >= 0.6 is 0 Å². The molecule has 1 aliphatic carbocycles. The highest BCUT2D eigenvalue weighted by Gasteiger charge is 2.45. The van der Waals surface area contributed by atoms with Crippen molar-refractivity contribution in [1.29, 1.82) is 0 Å². The first kappa shape index (κ1) is 21.8. The molecule has 6 heteroatoms. The average molecular weight is 414 g/mol. The van der Waals surface area contributed by atoms with E-state index in [9.17, 15) is 23.3 Å². The molecule has 0 radical (unpaired) electrons. The Bertz CT molecular complexity index is 936. The summed E-state index contributed by atoms with van der Waals surface area (Å²) in [7, 11) is 0. The molecular formula is C24H24F2O4. The van der Waals surface area contributed by atoms with Gasteiger partial charge in [-0.2, -0.15) is 0 Å². The second-order valence-electron chi connectivity index (χ2n) is 8.03. The topological polar surface area (TPSA) is 60.4 Å². The van der Waals surface area contributed by atoms with Crippen LogP contribution < -0.4 is 0 Å². The molecule has 4 nitrogen and oxygen atoms in total. The Balaban J connectivity index is 2.16. The first-order valence-corrected chi connectivity index (χ1v) is 10.1. The van der Waals surface area contributed by atoms with Crippen molar-refractivity contribution in [2.45, 2.75) is 39.0 Å². The fourth-order valence-corrected chi connectivity index (χ4v) is 4.35. The Morgan fingerprint density at radius 1 is 1.07 bits per heavy atom. The molecule has 0 bridgehead atoms. The predicted molar refractivity (Wildman–Crippen MR) is 107 cm³/mol. The second kappa shape index (κ2) is 9.28. The summed E-state index contributed by atoms with van der Waals surface area (Å²) < 4.78 is 26.6. The summed E-state index contributed by atoms with van der Waals surface area (Å²) in [6, 6.07) is 12.5. The van der Waals surface area contributed by atoms with Gasteiger partial charge in [0, 0.05) is 27.8 Å². The highest BCUT2D eigenvalue weighted by molar-refractivity contribution is 6.04. The molecule has 0 N–H and O–H groups in total. The van der Waals surface area contributed by atoms with Crippen molar-refractivity contribution < 1.29 is 28.2 Å². The van der Waals surface area contributed by atoms with Crippen LogP contribution in [0.1, 0.15) is 54.1 Å². The molecule has 158 valence electrons. The van der Waals surface area contributed by atoms with Crippen molar-refractivity contribution in [3.8, 4) is 0 Å². The molecule has 3 unspecified atom stereocenters. The quantitative estimate of drug-likeness (QED) is 0.492. The summed E-state index contributed by atoms with van der Waals surface area (Å²) in [5.41, 5.74) is 1.87. The van der Waals surface area contributed by atoms with Crippen molar-refractivity contribution >= 4 is 17.5 Å². The van der Waals surface area contributed by atoms with E-state index in [-0.39, 0.29) is 5.78 Å². The van der Waals surface area contributed by atoms with Gasteiger partial charge in [0.1, 0.15) is 17.5 Å². The van der Waals surface area contributed by atoms with Gasteiger partial charge < -0.3 is 0 Å². The zero-order chi connectivity index (χ0) is 21.8. The molecule has 0 fully saturated rings. The number of hydrogen-bond donors (Lipinski definition) is 0. The first-order valence-electron chi connectivity index (χ1n) is 10.1. The third-order valence-corrected chi connectivity index (χ3v) is 5.83. The van der Waals surface area contributed by atoms with Gasteiger partial charge in [0.2, 0.25) is 0 Å². The highest BCUT2D eigenvalue weighted by Crippen LogP contribution is 2.41. The smallest absolute Gasteiger partial charge is 0.298 e. The molecule has 3 atom stereocenters. The van der Waals surface area contributed by atoms with Crippen molar-refractivity contribution in [2.24, 2.45) is 17.8 Å². The van der Waals surface area contributed by atoms with Gasteiger partial charge >= 0.3 is 5.97 Å². The normalized spacial score (nSPS) is 18.3. The number of carbonyl (C=O) groups is 3. The number of fused-ring (bicyclic) bond motifs is 1. The van der Waals surface area contributed by atoms with Gasteiger partial charge in [0.25, 0.3) is 0 Å². The molecule has 0 aliphatic heterocycles. The standard InChI is InChI=1S/C24H24F2O4/c1-14(2)22(27)21(24(29)30-26)20(16-10-12-17(25)13-11-16)19-9-5-7-15-6-3-4-8-18(15)23(19)28/h3-4,6,8,10-14,19-21H,5,7,9H2,1-2H3. The number of carbonyl (C=O) groups excluding carboxylic acids is 3. The van der Waals surface area contributed by atoms with Gasteiger partial charge in [-0.15, -0.1) is 0 Å². The monoisotopic (exact) mass is 414 g/mol. The summed E-state index contributed by atoms with van der Waals surface area (Å²) in [4.78, 5) is 42.4. The van der Waals surface area contributed by atoms with Crippen LogP contribution in [0.15, 0.2) is 48.5 Å². The fraction of sp³-hybridized carbons (Fsp3) is 0.375. The number of rotatable bonds is 6. The molecule has 0 amide bonds. The van der Waals surface area contributed by atoms with Gasteiger partial charge in [0.05, 0.1) is 0 Å². The van der Waals surface area contributed by atoms with Gasteiger partial charge in [-0.3, -0.25) is 14.5 Å². The molecule has 30 heavy (non-hydrogen) atoms. The summed E-state index contributed by atoms with van der Waals surface area (Å²) in [5.74, 6) is -6.32. The van der Waals surface area contributed by atoms with Gasteiger partial charge in [0.15, 0.2) is 5.78 Å². The molecule has 0 heterocycles. The molecule has 0 saturated heterocycles. The average Bonchev–Trinajstić information content (AvgIpc) is 2.91. The van der Waals surface area contributed by atoms with Crippen LogP contribution in [0.2, 0.25) is 0 Å². The fourth-order valence-electron chi connectivity index (χ4n) is 4.35. The van der Waals surface area contributed by atoms with Crippen molar-refractivity contribution in [3.63, 3.8) is 0 Å². The number of benzene rings is 2. The molecule has 1 aliphatic rings. The summed E-state index contributed by atoms with van der Waals surface area (Å²) in [6.07, 6.45) is 1.76. The highest BCUT2D eigenvalue weighted by atomic mass is 19.3. The zero-order valence-corrected chi connectivity index (χ0v) is 16.9. The van der Waals surface area contributed by atoms with E-state index in [1.165, 1.54) is 24.3 Å². The van der Waals surface area contributed by atoms with E-state index in [4.69, 9.17) is 0 Å². The van der Waals surface area contributed by atoms with Crippen LogP contribution in [0.4, 0.5) is 8.92 Å². The maximum atomic E-state index is 13.6. The maximum Gasteiger partial charge on any atom is 0.359 e. The van der Waals surface area contributed by atoms with E-state index in [0.29, 0.717) is 30.4 Å². The Hall–Kier alpha value is -2.89. The lowest BCUT2D eigenvalue weighted by Gasteiger charge is -2.31. The van der Waals surface area contributed by atoms with Crippen LogP contribution in [0.5, 0.6) is 0 Å². The van der Waals surface area contributed by atoms with Crippen LogP contribution in [0.25, 0.3) is 0 Å². The molecule has 2 aromatic rings. The summed E-state index contributed by atoms with van der Waals surface area (Å²) >= 11 is 0. The minimum atomic E-state index is -1.50. The summed E-state index contributed by atoms with van der Waals surface area (Å²) in [5, 5.41) is 0. The third-order valence-electron chi connectivity index (χ3n) is 5.83. The number of Topliss-reactive ketones (excluding diaryl/α,β-unsaturated/α-hetero) is 2. The maximum absolute atomic E-state index is 13.6. The molecule has 2 aromatic carbocycles. The van der Waals surface area contributed by atoms with E-state index in [0.717, 1.165) is 5.56 Å².